The zero-order valence-corrected chi connectivity index (χ0v) is 14.5. The largest absolute Gasteiger partial charge is 0.455 e. The van der Waals surface area contributed by atoms with Gasteiger partial charge in [0.15, 0.2) is 0 Å². The van der Waals surface area contributed by atoms with Gasteiger partial charge in [0, 0.05) is 5.69 Å². The van der Waals surface area contributed by atoms with Crippen LogP contribution < -0.4 is 10.6 Å². The molecule has 1 fully saturated rings. The van der Waals surface area contributed by atoms with Crippen molar-refractivity contribution in [1.29, 1.82) is 0 Å². The van der Waals surface area contributed by atoms with Gasteiger partial charge in [0.2, 0.25) is 0 Å². The molecule has 2 N–H and O–H groups in total. The van der Waals surface area contributed by atoms with Crippen molar-refractivity contribution in [1.82, 2.24) is 5.32 Å². The first kappa shape index (κ1) is 16.4. The van der Waals surface area contributed by atoms with Crippen LogP contribution in [0.15, 0.2) is 65.9 Å². The summed E-state index contributed by atoms with van der Waals surface area (Å²) < 4.78 is 5.11. The van der Waals surface area contributed by atoms with Gasteiger partial charge >= 0.3 is 5.97 Å². The molecule has 132 valence electrons. The molecule has 1 amide bonds. The molecule has 0 atom stereocenters. The standard InChI is InChI=1S/C21H20N2O3/c1-14-6-5-9-16(12-14)22-17-13-26-20(25)18(17)19(24)23-21(10-11-21)15-7-3-2-4-8-15/h2-9,12,22H,10-11,13H2,1H3,(H,23,24). The van der Waals surface area contributed by atoms with Crippen LogP contribution in [0, 0.1) is 6.92 Å². The Morgan fingerprint density at radius 2 is 1.85 bits per heavy atom. The van der Waals surface area contributed by atoms with Gasteiger partial charge < -0.3 is 15.4 Å². The lowest BCUT2D eigenvalue weighted by atomic mass is 10.0. The number of benzene rings is 2. The van der Waals surface area contributed by atoms with Gasteiger partial charge in [0.25, 0.3) is 5.91 Å². The zero-order valence-electron chi connectivity index (χ0n) is 14.5. The molecule has 0 bridgehead atoms. The van der Waals surface area contributed by atoms with E-state index >= 15 is 0 Å². The van der Waals surface area contributed by atoms with Crippen LogP contribution in [0.3, 0.4) is 0 Å². The lowest BCUT2D eigenvalue weighted by Gasteiger charge is -2.18. The number of carbonyl (C=O) groups is 2. The van der Waals surface area contributed by atoms with Crippen LogP contribution in [0.5, 0.6) is 0 Å². The van der Waals surface area contributed by atoms with Gasteiger partial charge in [-0.15, -0.1) is 0 Å². The minimum atomic E-state index is -0.582. The molecule has 0 spiro atoms. The number of ether oxygens (including phenoxy) is 1. The minimum Gasteiger partial charge on any atom is -0.455 e. The van der Waals surface area contributed by atoms with Crippen molar-refractivity contribution in [2.24, 2.45) is 0 Å². The maximum Gasteiger partial charge on any atom is 0.346 e. The highest BCUT2D eigenvalue weighted by Gasteiger charge is 2.47. The summed E-state index contributed by atoms with van der Waals surface area (Å²) in [6.45, 7) is 2.06. The van der Waals surface area contributed by atoms with E-state index in [1.165, 1.54) is 0 Å². The van der Waals surface area contributed by atoms with Gasteiger partial charge in [-0.25, -0.2) is 4.79 Å². The van der Waals surface area contributed by atoms with Crippen molar-refractivity contribution in [2.45, 2.75) is 25.3 Å². The molecule has 2 aromatic rings. The number of carbonyl (C=O) groups excluding carboxylic acids is 2. The van der Waals surface area contributed by atoms with E-state index in [2.05, 4.69) is 10.6 Å². The first-order chi connectivity index (χ1) is 12.6. The quantitative estimate of drug-likeness (QED) is 0.644. The summed E-state index contributed by atoms with van der Waals surface area (Å²) in [5.74, 6) is -0.967. The van der Waals surface area contributed by atoms with Gasteiger partial charge in [0.05, 0.1) is 11.2 Å². The fourth-order valence-corrected chi connectivity index (χ4v) is 3.28. The molecule has 5 heteroatoms. The Morgan fingerprint density at radius 3 is 2.54 bits per heavy atom. The van der Waals surface area contributed by atoms with E-state index in [1.54, 1.807) is 0 Å². The third-order valence-electron chi connectivity index (χ3n) is 4.82. The fourth-order valence-electron chi connectivity index (χ4n) is 3.28. The molecule has 2 aromatic carbocycles. The monoisotopic (exact) mass is 348 g/mol. The molecule has 5 nitrogen and oxygen atoms in total. The molecular weight excluding hydrogens is 328 g/mol. The maximum atomic E-state index is 12.8. The summed E-state index contributed by atoms with van der Waals surface area (Å²) in [5, 5.41) is 6.21. The predicted octanol–water partition coefficient (Wildman–Crippen LogP) is 3.02. The van der Waals surface area contributed by atoms with Crippen molar-refractivity contribution >= 4 is 17.6 Å². The topological polar surface area (TPSA) is 67.4 Å². The van der Waals surface area contributed by atoms with Crippen LogP contribution in [0.2, 0.25) is 0 Å². The van der Waals surface area contributed by atoms with Crippen molar-refractivity contribution in [3.8, 4) is 0 Å². The van der Waals surface area contributed by atoms with Crippen LogP contribution in [-0.2, 0) is 19.9 Å². The first-order valence-electron chi connectivity index (χ1n) is 8.69. The van der Waals surface area contributed by atoms with Gasteiger partial charge in [-0.05, 0) is 43.0 Å². The molecule has 26 heavy (non-hydrogen) atoms. The Bertz CT molecular complexity index is 898. The van der Waals surface area contributed by atoms with Crippen molar-refractivity contribution in [3.05, 3.63) is 77.0 Å². The smallest absolute Gasteiger partial charge is 0.346 e. The van der Waals surface area contributed by atoms with E-state index in [9.17, 15) is 9.59 Å². The third kappa shape index (κ3) is 3.08. The van der Waals surface area contributed by atoms with Crippen molar-refractivity contribution in [3.63, 3.8) is 0 Å². The van der Waals surface area contributed by atoms with Crippen LogP contribution in [0.25, 0.3) is 0 Å². The second-order valence-electron chi connectivity index (χ2n) is 6.83. The molecule has 1 aliphatic carbocycles. The van der Waals surface area contributed by atoms with E-state index in [0.717, 1.165) is 29.7 Å². The van der Waals surface area contributed by atoms with Crippen LogP contribution in [0.4, 0.5) is 5.69 Å². The number of anilines is 1. The molecule has 1 saturated carbocycles. The van der Waals surface area contributed by atoms with Crippen LogP contribution in [-0.4, -0.2) is 18.5 Å². The number of amides is 1. The summed E-state index contributed by atoms with van der Waals surface area (Å²) in [4.78, 5) is 25.0. The predicted molar refractivity (Wildman–Crippen MR) is 98.3 cm³/mol. The van der Waals surface area contributed by atoms with Gasteiger partial charge in [-0.3, -0.25) is 4.79 Å². The molecule has 1 heterocycles. The summed E-state index contributed by atoms with van der Waals surface area (Å²) in [7, 11) is 0. The molecule has 2 aliphatic rings. The van der Waals surface area contributed by atoms with E-state index in [0.29, 0.717) is 5.70 Å². The highest BCUT2D eigenvalue weighted by atomic mass is 16.5. The second kappa shape index (κ2) is 6.33. The molecule has 0 unspecified atom stereocenters. The lowest BCUT2D eigenvalue weighted by Crippen LogP contribution is -2.37. The number of nitrogens with one attached hydrogen (secondary N) is 2. The SMILES string of the molecule is Cc1cccc(NC2=C(C(=O)NC3(c4ccccc4)CC3)C(=O)OC2)c1. The number of hydrogen-bond acceptors (Lipinski definition) is 4. The number of rotatable bonds is 5. The average Bonchev–Trinajstić information content (AvgIpc) is 3.32. The Labute approximate surface area is 152 Å². The highest BCUT2D eigenvalue weighted by Crippen LogP contribution is 2.45. The summed E-state index contributed by atoms with van der Waals surface area (Å²) in [6, 6.07) is 17.6. The minimum absolute atomic E-state index is 0.0636. The molecular formula is C21H20N2O3. The summed E-state index contributed by atoms with van der Waals surface area (Å²) >= 11 is 0. The normalized spacial score (nSPS) is 17.7. The Hall–Kier alpha value is -3.08. The Balaban J connectivity index is 1.58. The lowest BCUT2D eigenvalue weighted by molar-refractivity contribution is -0.137. The van der Waals surface area contributed by atoms with Crippen molar-refractivity contribution in [2.75, 3.05) is 11.9 Å². The zero-order chi connectivity index (χ0) is 18.1. The number of esters is 1. The van der Waals surface area contributed by atoms with Crippen LogP contribution in [0.1, 0.15) is 24.0 Å². The maximum absolute atomic E-state index is 12.8. The van der Waals surface area contributed by atoms with E-state index in [-0.39, 0.29) is 23.6 Å². The molecule has 0 saturated heterocycles. The van der Waals surface area contributed by atoms with Gasteiger partial charge in [-0.2, -0.15) is 0 Å². The summed E-state index contributed by atoms with van der Waals surface area (Å²) in [5.41, 5.74) is 3.17. The fraction of sp³-hybridized carbons (Fsp3) is 0.238. The van der Waals surface area contributed by atoms with Gasteiger partial charge in [-0.1, -0.05) is 42.5 Å². The van der Waals surface area contributed by atoms with Crippen molar-refractivity contribution < 1.29 is 14.3 Å². The third-order valence-corrected chi connectivity index (χ3v) is 4.82. The molecule has 0 aromatic heterocycles. The van der Waals surface area contributed by atoms with E-state index in [1.807, 2.05) is 61.5 Å². The van der Waals surface area contributed by atoms with E-state index in [4.69, 9.17) is 4.74 Å². The summed E-state index contributed by atoms with van der Waals surface area (Å²) in [6.07, 6.45) is 1.73. The molecule has 4 rings (SSSR count). The number of cyclic esters (lactones) is 1. The number of hydrogen-bond donors (Lipinski definition) is 2. The Kier molecular flexibility index (Phi) is 3.99. The second-order valence-corrected chi connectivity index (χ2v) is 6.83. The molecule has 0 radical (unpaired) electrons. The average molecular weight is 348 g/mol. The first-order valence-corrected chi connectivity index (χ1v) is 8.69. The van der Waals surface area contributed by atoms with Gasteiger partial charge in [0.1, 0.15) is 12.2 Å². The van der Waals surface area contributed by atoms with E-state index < -0.39 is 5.97 Å². The highest BCUT2D eigenvalue weighted by molar-refractivity contribution is 6.18. The Morgan fingerprint density at radius 1 is 1.08 bits per heavy atom. The molecule has 1 aliphatic heterocycles. The van der Waals surface area contributed by atoms with Crippen LogP contribution >= 0.6 is 0 Å². The number of aryl methyl sites for hydroxylation is 1.